The maximum atomic E-state index is 10.4. The van der Waals surface area contributed by atoms with Crippen LogP contribution in [0.1, 0.15) is 25.2 Å². The molecule has 6 nitrogen and oxygen atoms in total. The average molecular weight is 351 g/mol. The van der Waals surface area contributed by atoms with Crippen molar-refractivity contribution in [1.82, 2.24) is 15.6 Å². The Hall–Kier alpha value is -2.05. The van der Waals surface area contributed by atoms with Crippen LogP contribution < -0.4 is 10.6 Å². The van der Waals surface area contributed by atoms with Crippen LogP contribution in [-0.2, 0) is 12.0 Å². The first-order valence-corrected chi connectivity index (χ1v) is 8.28. The average Bonchev–Trinajstić information content (AvgIpc) is 3.10. The number of furan rings is 1. The van der Waals surface area contributed by atoms with Gasteiger partial charge in [0.2, 0.25) is 0 Å². The highest BCUT2D eigenvalue weighted by Crippen LogP contribution is 2.20. The molecule has 3 N–H and O–H groups in total. The monoisotopic (exact) mass is 350 g/mol. The van der Waals surface area contributed by atoms with Crippen LogP contribution in [0, 0.1) is 0 Å². The molecule has 7 heteroatoms. The highest BCUT2D eigenvalue weighted by molar-refractivity contribution is 6.29. The molecule has 1 atom stereocenters. The maximum Gasteiger partial charge on any atom is 0.191 e. The van der Waals surface area contributed by atoms with E-state index in [1.54, 1.807) is 31.3 Å². The van der Waals surface area contributed by atoms with Gasteiger partial charge >= 0.3 is 0 Å². The molecule has 130 valence electrons. The van der Waals surface area contributed by atoms with Gasteiger partial charge in [-0.25, -0.2) is 9.98 Å². The molecule has 2 aromatic rings. The van der Waals surface area contributed by atoms with Crippen molar-refractivity contribution in [2.75, 3.05) is 19.6 Å². The number of rotatable bonds is 7. The zero-order chi connectivity index (χ0) is 17.4. The fourth-order valence-electron chi connectivity index (χ4n) is 2.12. The van der Waals surface area contributed by atoms with Crippen LogP contribution >= 0.6 is 11.6 Å². The quantitative estimate of drug-likeness (QED) is 0.405. The summed E-state index contributed by atoms with van der Waals surface area (Å²) in [5, 5.41) is 17.3. The van der Waals surface area contributed by atoms with Crippen molar-refractivity contribution in [3.05, 3.63) is 53.2 Å². The number of pyridine rings is 1. The number of aliphatic hydroxyl groups is 1. The lowest BCUT2D eigenvalue weighted by Gasteiger charge is -2.19. The third kappa shape index (κ3) is 5.54. The highest BCUT2D eigenvalue weighted by Gasteiger charge is 2.25. The second-order valence-electron chi connectivity index (χ2n) is 5.61. The molecular formula is C17H23ClN4O2. The number of nitrogens with one attached hydrogen (secondary N) is 2. The second kappa shape index (κ2) is 8.70. The molecule has 0 aliphatic rings. The van der Waals surface area contributed by atoms with Gasteiger partial charge in [0.05, 0.1) is 12.8 Å². The van der Waals surface area contributed by atoms with Crippen LogP contribution in [0.3, 0.4) is 0 Å². The summed E-state index contributed by atoms with van der Waals surface area (Å²) in [6, 6.07) is 7.21. The number of halogens is 1. The van der Waals surface area contributed by atoms with E-state index in [9.17, 15) is 5.11 Å². The van der Waals surface area contributed by atoms with Crippen LogP contribution in [0.5, 0.6) is 0 Å². The molecule has 0 aliphatic carbocycles. The van der Waals surface area contributed by atoms with Crippen molar-refractivity contribution in [2.24, 2.45) is 4.99 Å². The third-order valence-electron chi connectivity index (χ3n) is 3.44. The van der Waals surface area contributed by atoms with Gasteiger partial charge in [0.25, 0.3) is 0 Å². The Labute approximate surface area is 147 Å². The lowest BCUT2D eigenvalue weighted by atomic mass is 10.0. The summed E-state index contributed by atoms with van der Waals surface area (Å²) in [6.07, 6.45) is 4.09. The van der Waals surface area contributed by atoms with Crippen LogP contribution in [0.4, 0.5) is 0 Å². The van der Waals surface area contributed by atoms with Crippen LogP contribution in [0.25, 0.3) is 0 Å². The standard InChI is InChI=1S/C17H23ClN4O2/c1-3-19-16(20-9-8-13-6-7-15(18)21-11-13)22-12-17(2,23)14-5-4-10-24-14/h4-7,10-11,23H,3,8-9,12H2,1-2H3,(H2,19,20,22). The van der Waals surface area contributed by atoms with Gasteiger partial charge in [-0.05, 0) is 44.0 Å². The molecular weight excluding hydrogens is 328 g/mol. The van der Waals surface area contributed by atoms with Crippen molar-refractivity contribution in [3.8, 4) is 0 Å². The fraction of sp³-hybridized carbons (Fsp3) is 0.412. The van der Waals surface area contributed by atoms with Gasteiger partial charge in [0, 0.05) is 19.3 Å². The second-order valence-corrected chi connectivity index (χ2v) is 6.00. The molecule has 0 saturated heterocycles. The largest absolute Gasteiger partial charge is 0.466 e. The topological polar surface area (TPSA) is 82.7 Å². The van der Waals surface area contributed by atoms with Gasteiger partial charge in [0.15, 0.2) is 5.96 Å². The number of nitrogens with zero attached hydrogens (tertiary/aromatic N) is 2. The number of hydrogen-bond acceptors (Lipinski definition) is 4. The predicted molar refractivity (Wildman–Crippen MR) is 95.2 cm³/mol. The molecule has 1 unspecified atom stereocenters. The summed E-state index contributed by atoms with van der Waals surface area (Å²) in [6.45, 7) is 5.29. The number of aliphatic imine (C=N–C) groups is 1. The Morgan fingerprint density at radius 1 is 1.38 bits per heavy atom. The molecule has 0 bridgehead atoms. The van der Waals surface area contributed by atoms with Gasteiger partial charge in [0.1, 0.15) is 16.5 Å². The van der Waals surface area contributed by atoms with Crippen molar-refractivity contribution in [2.45, 2.75) is 25.9 Å². The molecule has 0 amide bonds. The Balaban J connectivity index is 1.89. The van der Waals surface area contributed by atoms with Gasteiger partial charge in [-0.1, -0.05) is 17.7 Å². The predicted octanol–water partition coefficient (Wildman–Crippen LogP) is 2.33. The molecule has 0 fully saturated rings. The van der Waals surface area contributed by atoms with E-state index >= 15 is 0 Å². The van der Waals surface area contributed by atoms with E-state index in [0.717, 1.165) is 18.5 Å². The first-order chi connectivity index (χ1) is 11.5. The minimum atomic E-state index is -1.15. The van der Waals surface area contributed by atoms with Crippen LogP contribution in [0.2, 0.25) is 5.15 Å². The fourth-order valence-corrected chi connectivity index (χ4v) is 2.23. The van der Waals surface area contributed by atoms with Crippen molar-refractivity contribution < 1.29 is 9.52 Å². The Bertz CT molecular complexity index is 639. The number of guanidine groups is 1. The smallest absolute Gasteiger partial charge is 0.191 e. The van der Waals surface area contributed by atoms with E-state index in [1.165, 1.54) is 6.26 Å². The summed E-state index contributed by atoms with van der Waals surface area (Å²) in [7, 11) is 0. The van der Waals surface area contributed by atoms with E-state index in [1.807, 2.05) is 13.0 Å². The molecule has 0 spiro atoms. The zero-order valence-electron chi connectivity index (χ0n) is 13.9. The van der Waals surface area contributed by atoms with Gasteiger partial charge in [-0.15, -0.1) is 0 Å². The van der Waals surface area contributed by atoms with Gasteiger partial charge < -0.3 is 20.2 Å². The van der Waals surface area contributed by atoms with E-state index in [0.29, 0.717) is 23.4 Å². The Kier molecular flexibility index (Phi) is 6.63. The number of aromatic nitrogens is 1. The highest BCUT2D eigenvalue weighted by atomic mass is 35.5. The summed E-state index contributed by atoms with van der Waals surface area (Å²) in [4.78, 5) is 8.49. The normalized spacial score (nSPS) is 14.2. The molecule has 0 radical (unpaired) electrons. The molecule has 0 saturated carbocycles. The summed E-state index contributed by atoms with van der Waals surface area (Å²) >= 11 is 5.78. The Morgan fingerprint density at radius 3 is 2.83 bits per heavy atom. The van der Waals surface area contributed by atoms with Crippen LogP contribution in [-0.4, -0.2) is 35.7 Å². The first kappa shape index (κ1) is 18.3. The van der Waals surface area contributed by atoms with Crippen molar-refractivity contribution >= 4 is 17.6 Å². The van der Waals surface area contributed by atoms with Gasteiger partial charge in [-0.2, -0.15) is 0 Å². The molecule has 24 heavy (non-hydrogen) atoms. The lowest BCUT2D eigenvalue weighted by molar-refractivity contribution is 0.0437. The lowest BCUT2D eigenvalue weighted by Crippen LogP contribution is -2.39. The first-order valence-electron chi connectivity index (χ1n) is 7.90. The molecule has 0 aliphatic heterocycles. The van der Waals surface area contributed by atoms with Crippen LogP contribution in [0.15, 0.2) is 46.1 Å². The maximum absolute atomic E-state index is 10.4. The van der Waals surface area contributed by atoms with Crippen molar-refractivity contribution in [1.29, 1.82) is 0 Å². The molecule has 2 rings (SSSR count). The Morgan fingerprint density at radius 2 is 2.21 bits per heavy atom. The zero-order valence-corrected chi connectivity index (χ0v) is 14.7. The molecule has 2 heterocycles. The summed E-state index contributed by atoms with van der Waals surface area (Å²) in [5.41, 5.74) is -0.0586. The summed E-state index contributed by atoms with van der Waals surface area (Å²) in [5.74, 6) is 1.14. The van der Waals surface area contributed by atoms with E-state index in [-0.39, 0.29) is 6.54 Å². The molecule has 2 aromatic heterocycles. The SMILES string of the molecule is CCNC(=NCC(C)(O)c1ccco1)NCCc1ccc(Cl)nc1. The molecule has 0 aromatic carbocycles. The third-order valence-corrected chi connectivity index (χ3v) is 3.66. The van der Waals surface area contributed by atoms with Crippen molar-refractivity contribution in [3.63, 3.8) is 0 Å². The van der Waals surface area contributed by atoms with E-state index < -0.39 is 5.60 Å². The number of hydrogen-bond donors (Lipinski definition) is 3. The minimum absolute atomic E-state index is 0.193. The van der Waals surface area contributed by atoms with E-state index in [4.69, 9.17) is 16.0 Å². The minimum Gasteiger partial charge on any atom is -0.466 e. The van der Waals surface area contributed by atoms with Gasteiger partial charge in [-0.3, -0.25) is 0 Å². The summed E-state index contributed by atoms with van der Waals surface area (Å²) < 4.78 is 5.26. The van der Waals surface area contributed by atoms with E-state index in [2.05, 4.69) is 20.6 Å².